The van der Waals surface area contributed by atoms with Gasteiger partial charge in [-0.25, -0.2) is 8.78 Å². The highest BCUT2D eigenvalue weighted by Gasteiger charge is 2.03. The molecule has 0 aliphatic rings. The molecule has 92 valence electrons. The van der Waals surface area contributed by atoms with Crippen molar-refractivity contribution in [2.45, 2.75) is 13.5 Å². The predicted molar refractivity (Wildman–Crippen MR) is 59.0 cm³/mol. The van der Waals surface area contributed by atoms with Crippen LogP contribution in [0.3, 0.4) is 0 Å². The molecule has 0 amide bonds. The van der Waals surface area contributed by atoms with E-state index in [0.717, 1.165) is 12.1 Å². The first-order valence-electron chi connectivity index (χ1n) is 4.97. The number of nitrogens with one attached hydrogen (secondary N) is 1. The van der Waals surface area contributed by atoms with Gasteiger partial charge in [-0.2, -0.15) is 0 Å². The smallest absolute Gasteiger partial charge is 0.195 e. The van der Waals surface area contributed by atoms with Gasteiger partial charge >= 0.3 is 0 Å². The van der Waals surface area contributed by atoms with E-state index in [0.29, 0.717) is 5.56 Å². The summed E-state index contributed by atoms with van der Waals surface area (Å²) in [4.78, 5) is 11.0. The molecule has 0 saturated heterocycles. The minimum atomic E-state index is -0.896. The van der Waals surface area contributed by atoms with Gasteiger partial charge in [-0.15, -0.1) is 0 Å². The van der Waals surface area contributed by atoms with E-state index in [2.05, 4.69) is 5.32 Å². The van der Waals surface area contributed by atoms with E-state index >= 15 is 0 Å². The zero-order valence-electron chi connectivity index (χ0n) is 9.59. The Bertz CT molecular complexity index is 444. The largest absolute Gasteiger partial charge is 0.492 e. The lowest BCUT2D eigenvalue weighted by Gasteiger charge is -2.05. The van der Waals surface area contributed by atoms with Crippen LogP contribution < -0.4 is 5.32 Å². The van der Waals surface area contributed by atoms with E-state index in [1.807, 2.05) is 0 Å². The van der Waals surface area contributed by atoms with Crippen LogP contribution in [0.4, 0.5) is 8.78 Å². The topological polar surface area (TPSA) is 38.3 Å². The Morgan fingerprint density at radius 2 is 2.12 bits per heavy atom. The SMILES string of the molecule is CO/C(=C/NCc1ccc(F)c(F)c1)C(C)=O. The van der Waals surface area contributed by atoms with Crippen LogP contribution in [0.2, 0.25) is 0 Å². The minimum absolute atomic E-state index is 0.174. The molecule has 0 bridgehead atoms. The minimum Gasteiger partial charge on any atom is -0.492 e. The molecular formula is C12H13F2NO2. The fourth-order valence-corrected chi connectivity index (χ4v) is 1.22. The van der Waals surface area contributed by atoms with Gasteiger partial charge in [-0.05, 0) is 17.7 Å². The van der Waals surface area contributed by atoms with E-state index in [4.69, 9.17) is 4.74 Å². The molecule has 1 aromatic rings. The molecule has 1 rings (SSSR count). The number of ketones is 1. The molecule has 0 fully saturated rings. The summed E-state index contributed by atoms with van der Waals surface area (Å²) >= 11 is 0. The highest BCUT2D eigenvalue weighted by atomic mass is 19.2. The van der Waals surface area contributed by atoms with Gasteiger partial charge < -0.3 is 10.1 Å². The van der Waals surface area contributed by atoms with Gasteiger partial charge in [0.2, 0.25) is 0 Å². The number of methoxy groups -OCH3 is 1. The summed E-state index contributed by atoms with van der Waals surface area (Å²) in [5.41, 5.74) is 0.569. The molecule has 0 atom stereocenters. The van der Waals surface area contributed by atoms with E-state index in [1.54, 1.807) is 0 Å². The lowest BCUT2D eigenvalue weighted by atomic mass is 10.2. The molecular weight excluding hydrogens is 228 g/mol. The zero-order chi connectivity index (χ0) is 12.8. The monoisotopic (exact) mass is 241 g/mol. The molecule has 0 aliphatic carbocycles. The lowest BCUT2D eigenvalue weighted by Crippen LogP contribution is -2.10. The predicted octanol–water partition coefficient (Wildman–Crippen LogP) is 2.13. The average molecular weight is 241 g/mol. The van der Waals surface area contributed by atoms with Crippen LogP contribution in [0.1, 0.15) is 12.5 Å². The highest BCUT2D eigenvalue weighted by Crippen LogP contribution is 2.08. The number of Topliss-reactive ketones (excluding diaryl/α,β-unsaturated/α-hetero) is 1. The van der Waals surface area contributed by atoms with Crippen LogP contribution in [-0.2, 0) is 16.1 Å². The third-order valence-electron chi connectivity index (χ3n) is 2.09. The third kappa shape index (κ3) is 3.86. The average Bonchev–Trinajstić information content (AvgIpc) is 2.28. The molecule has 0 spiro atoms. The molecule has 0 radical (unpaired) electrons. The number of carbonyl (C=O) groups excluding carboxylic acids is 1. The lowest BCUT2D eigenvalue weighted by molar-refractivity contribution is -0.116. The van der Waals surface area contributed by atoms with E-state index in [1.165, 1.54) is 26.3 Å². The van der Waals surface area contributed by atoms with Crippen LogP contribution in [-0.4, -0.2) is 12.9 Å². The molecule has 1 N–H and O–H groups in total. The number of ether oxygens (including phenoxy) is 1. The summed E-state index contributed by atoms with van der Waals surface area (Å²) in [5.74, 6) is -1.82. The first-order valence-corrected chi connectivity index (χ1v) is 4.97. The number of hydrogen-bond donors (Lipinski definition) is 1. The van der Waals surface area contributed by atoms with Crippen molar-refractivity contribution in [3.05, 3.63) is 47.4 Å². The molecule has 0 aromatic heterocycles. The van der Waals surface area contributed by atoms with Crippen molar-refractivity contribution in [3.63, 3.8) is 0 Å². The van der Waals surface area contributed by atoms with Crippen LogP contribution in [0, 0.1) is 11.6 Å². The van der Waals surface area contributed by atoms with E-state index < -0.39 is 11.6 Å². The standard InChI is InChI=1S/C12H13F2NO2/c1-8(16)12(17-2)7-15-6-9-3-4-10(13)11(14)5-9/h3-5,7,15H,6H2,1-2H3/b12-7+. The van der Waals surface area contributed by atoms with Crippen molar-refractivity contribution in [1.82, 2.24) is 5.32 Å². The number of carbonyl (C=O) groups is 1. The molecule has 0 aliphatic heterocycles. The molecule has 0 unspecified atom stereocenters. The Kier molecular flexibility index (Phi) is 4.63. The summed E-state index contributed by atoms with van der Waals surface area (Å²) in [5, 5.41) is 2.78. The maximum absolute atomic E-state index is 12.9. The summed E-state index contributed by atoms with van der Waals surface area (Å²) in [6, 6.07) is 3.61. The van der Waals surface area contributed by atoms with Gasteiger partial charge in [-0.3, -0.25) is 4.79 Å². The van der Waals surface area contributed by atoms with Crippen molar-refractivity contribution in [2.75, 3.05) is 7.11 Å². The van der Waals surface area contributed by atoms with Crippen LogP contribution in [0.15, 0.2) is 30.2 Å². The second-order valence-corrected chi connectivity index (χ2v) is 3.40. The van der Waals surface area contributed by atoms with Gasteiger partial charge in [0.05, 0.1) is 7.11 Å². The summed E-state index contributed by atoms with van der Waals surface area (Å²) in [6.45, 7) is 1.64. The maximum atomic E-state index is 12.9. The van der Waals surface area contributed by atoms with Crippen LogP contribution in [0.25, 0.3) is 0 Å². The Hall–Kier alpha value is -1.91. The number of rotatable bonds is 5. The zero-order valence-corrected chi connectivity index (χ0v) is 9.59. The normalized spacial score (nSPS) is 11.2. The first-order chi connectivity index (χ1) is 8.04. The van der Waals surface area contributed by atoms with Gasteiger partial charge in [0.25, 0.3) is 0 Å². The fourth-order valence-electron chi connectivity index (χ4n) is 1.22. The van der Waals surface area contributed by atoms with Crippen LogP contribution in [0.5, 0.6) is 0 Å². The van der Waals surface area contributed by atoms with Crippen molar-refractivity contribution >= 4 is 5.78 Å². The molecule has 0 heterocycles. The number of hydrogen-bond acceptors (Lipinski definition) is 3. The Morgan fingerprint density at radius 3 is 2.65 bits per heavy atom. The summed E-state index contributed by atoms with van der Waals surface area (Å²) in [7, 11) is 1.38. The third-order valence-corrected chi connectivity index (χ3v) is 2.09. The second-order valence-electron chi connectivity index (χ2n) is 3.40. The summed E-state index contributed by atoms with van der Waals surface area (Å²) < 4.78 is 30.3. The van der Waals surface area contributed by atoms with Crippen LogP contribution >= 0.6 is 0 Å². The Morgan fingerprint density at radius 1 is 1.41 bits per heavy atom. The molecule has 5 heteroatoms. The molecule has 17 heavy (non-hydrogen) atoms. The van der Waals surface area contributed by atoms with Gasteiger partial charge in [0.1, 0.15) is 0 Å². The summed E-state index contributed by atoms with van der Waals surface area (Å²) in [6.07, 6.45) is 1.39. The Labute approximate surface area is 98.1 Å². The maximum Gasteiger partial charge on any atom is 0.195 e. The quantitative estimate of drug-likeness (QED) is 0.634. The van der Waals surface area contributed by atoms with Gasteiger partial charge in [-0.1, -0.05) is 6.07 Å². The first kappa shape index (κ1) is 13.2. The van der Waals surface area contributed by atoms with E-state index in [-0.39, 0.29) is 18.1 Å². The number of allylic oxidation sites excluding steroid dienone is 1. The molecule has 3 nitrogen and oxygen atoms in total. The van der Waals surface area contributed by atoms with Gasteiger partial charge in [0, 0.05) is 19.7 Å². The molecule has 1 aromatic carbocycles. The fraction of sp³-hybridized carbons (Fsp3) is 0.250. The van der Waals surface area contributed by atoms with Crippen molar-refractivity contribution in [1.29, 1.82) is 0 Å². The van der Waals surface area contributed by atoms with Gasteiger partial charge in [0.15, 0.2) is 23.2 Å². The number of halogens is 2. The highest BCUT2D eigenvalue weighted by molar-refractivity contribution is 5.91. The van der Waals surface area contributed by atoms with Crippen molar-refractivity contribution in [3.8, 4) is 0 Å². The van der Waals surface area contributed by atoms with E-state index in [9.17, 15) is 13.6 Å². The Balaban J connectivity index is 2.61. The van der Waals surface area contributed by atoms with Crippen molar-refractivity contribution < 1.29 is 18.3 Å². The second kappa shape index (κ2) is 5.98. The number of benzene rings is 1. The van der Waals surface area contributed by atoms with Crippen molar-refractivity contribution in [2.24, 2.45) is 0 Å². The molecule has 0 saturated carbocycles.